The number of alkyl halides is 6. The molecular weight excluding hydrogens is 390 g/mol. The van der Waals surface area contributed by atoms with E-state index >= 15 is 0 Å². The van der Waals surface area contributed by atoms with Crippen molar-refractivity contribution in [1.82, 2.24) is 19.6 Å². The number of hydrogen-bond acceptors (Lipinski definition) is 4. The molecular formula is C17H8F6N4O. The molecule has 0 spiro atoms. The summed E-state index contributed by atoms with van der Waals surface area (Å²) in [6, 6.07) is 8.01. The van der Waals surface area contributed by atoms with E-state index in [0.29, 0.717) is 11.1 Å². The minimum atomic E-state index is -4.90. The van der Waals surface area contributed by atoms with Crippen LogP contribution in [-0.4, -0.2) is 25.9 Å². The van der Waals surface area contributed by atoms with Gasteiger partial charge in [-0.05, 0) is 36.4 Å². The third-order valence-corrected chi connectivity index (χ3v) is 3.92. The molecule has 0 fully saturated rings. The zero-order valence-electron chi connectivity index (χ0n) is 13.6. The molecule has 0 bridgehead atoms. The van der Waals surface area contributed by atoms with Crippen LogP contribution in [0, 0.1) is 0 Å². The summed E-state index contributed by atoms with van der Waals surface area (Å²) in [6.45, 7) is 0. The number of benzene rings is 1. The van der Waals surface area contributed by atoms with Crippen LogP contribution in [0.25, 0.3) is 27.7 Å². The van der Waals surface area contributed by atoms with Crippen LogP contribution in [0.2, 0.25) is 0 Å². The highest BCUT2D eigenvalue weighted by molar-refractivity contribution is 5.97. The van der Waals surface area contributed by atoms with Gasteiger partial charge in [-0.15, -0.1) is 23.4 Å². The third-order valence-electron chi connectivity index (χ3n) is 3.92. The molecule has 144 valence electrons. The van der Waals surface area contributed by atoms with Crippen molar-refractivity contribution in [1.29, 1.82) is 0 Å². The standard InChI is InChI=1S/C17H8F6N4O/c18-16(19,20)15-26-25-13-6-3-9(8-27(13)15)10-4-5-12(28-17(21,22)23)11-2-1-7-24-14(10)11/h1-8H. The summed E-state index contributed by atoms with van der Waals surface area (Å²) in [5, 5.41) is 6.68. The van der Waals surface area contributed by atoms with E-state index in [1.165, 1.54) is 36.5 Å². The van der Waals surface area contributed by atoms with Gasteiger partial charge in [-0.2, -0.15) is 13.2 Å². The molecule has 0 radical (unpaired) electrons. The zero-order valence-corrected chi connectivity index (χ0v) is 13.6. The molecule has 4 aromatic rings. The van der Waals surface area contributed by atoms with Gasteiger partial charge in [-0.1, -0.05) is 0 Å². The summed E-state index contributed by atoms with van der Waals surface area (Å²) in [7, 11) is 0. The summed E-state index contributed by atoms with van der Waals surface area (Å²) in [5.74, 6) is -1.67. The summed E-state index contributed by atoms with van der Waals surface area (Å²) in [4.78, 5) is 4.08. The Kier molecular flexibility index (Phi) is 3.91. The Morgan fingerprint density at radius 1 is 0.893 bits per heavy atom. The fourth-order valence-corrected chi connectivity index (χ4v) is 2.84. The molecule has 3 heterocycles. The maximum absolute atomic E-state index is 13.1. The molecule has 4 rings (SSSR count). The smallest absolute Gasteiger partial charge is 0.405 e. The van der Waals surface area contributed by atoms with Gasteiger partial charge in [0.1, 0.15) is 5.75 Å². The van der Waals surface area contributed by atoms with Crippen LogP contribution < -0.4 is 4.74 Å². The molecule has 1 aromatic carbocycles. The van der Waals surface area contributed by atoms with Crippen LogP contribution in [0.3, 0.4) is 0 Å². The van der Waals surface area contributed by atoms with Gasteiger partial charge in [0.05, 0.1) is 5.52 Å². The van der Waals surface area contributed by atoms with Gasteiger partial charge >= 0.3 is 12.5 Å². The van der Waals surface area contributed by atoms with Crippen molar-refractivity contribution in [2.75, 3.05) is 0 Å². The van der Waals surface area contributed by atoms with Gasteiger partial charge in [-0.3, -0.25) is 9.38 Å². The fraction of sp³-hybridized carbons (Fsp3) is 0.118. The Morgan fingerprint density at radius 2 is 1.68 bits per heavy atom. The van der Waals surface area contributed by atoms with Crippen molar-refractivity contribution in [3.63, 3.8) is 0 Å². The minimum absolute atomic E-state index is 0.0228. The predicted molar refractivity (Wildman–Crippen MR) is 85.4 cm³/mol. The van der Waals surface area contributed by atoms with Crippen molar-refractivity contribution < 1.29 is 31.1 Å². The van der Waals surface area contributed by atoms with Gasteiger partial charge in [0.25, 0.3) is 0 Å². The van der Waals surface area contributed by atoms with E-state index in [4.69, 9.17) is 0 Å². The average Bonchev–Trinajstić information content (AvgIpc) is 3.04. The summed E-state index contributed by atoms with van der Waals surface area (Å²) in [5.41, 5.74) is 0.740. The molecule has 0 aliphatic carbocycles. The van der Waals surface area contributed by atoms with E-state index in [0.717, 1.165) is 16.7 Å². The maximum atomic E-state index is 13.1. The molecule has 0 atom stereocenters. The lowest BCUT2D eigenvalue weighted by molar-refractivity contribution is -0.274. The summed E-state index contributed by atoms with van der Waals surface area (Å²) in [6.07, 6.45) is -7.09. The number of aromatic nitrogens is 4. The second kappa shape index (κ2) is 6.08. The van der Waals surface area contributed by atoms with Gasteiger partial charge in [0.2, 0.25) is 5.82 Å². The Balaban J connectivity index is 1.91. The maximum Gasteiger partial charge on any atom is 0.573 e. The molecule has 11 heteroatoms. The van der Waals surface area contributed by atoms with Crippen LogP contribution in [0.15, 0.2) is 48.8 Å². The highest BCUT2D eigenvalue weighted by atomic mass is 19.4. The van der Waals surface area contributed by atoms with Crippen LogP contribution in [0.4, 0.5) is 26.3 Å². The normalized spacial score (nSPS) is 12.6. The van der Waals surface area contributed by atoms with Gasteiger partial charge in [0.15, 0.2) is 5.65 Å². The summed E-state index contributed by atoms with van der Waals surface area (Å²) < 4.78 is 81.9. The van der Waals surface area contributed by atoms with Gasteiger partial charge in [-0.25, -0.2) is 0 Å². The second-order valence-corrected chi connectivity index (χ2v) is 5.73. The van der Waals surface area contributed by atoms with Crippen molar-refractivity contribution >= 4 is 16.6 Å². The monoisotopic (exact) mass is 398 g/mol. The van der Waals surface area contributed by atoms with Gasteiger partial charge < -0.3 is 4.74 Å². The average molecular weight is 398 g/mol. The molecule has 0 N–H and O–H groups in total. The molecule has 0 saturated heterocycles. The van der Waals surface area contributed by atoms with E-state index in [1.807, 2.05) is 0 Å². The molecule has 3 aromatic heterocycles. The van der Waals surface area contributed by atoms with Gasteiger partial charge in [0, 0.05) is 28.9 Å². The Morgan fingerprint density at radius 3 is 2.39 bits per heavy atom. The molecule has 0 aliphatic rings. The lowest BCUT2D eigenvalue weighted by atomic mass is 10.0. The minimum Gasteiger partial charge on any atom is -0.405 e. The van der Waals surface area contributed by atoms with Crippen molar-refractivity contribution in [2.24, 2.45) is 0 Å². The van der Waals surface area contributed by atoms with Crippen LogP contribution >= 0.6 is 0 Å². The number of rotatable bonds is 2. The molecule has 0 unspecified atom stereocenters. The Labute approximate surface area is 152 Å². The van der Waals surface area contributed by atoms with E-state index in [1.54, 1.807) is 0 Å². The van der Waals surface area contributed by atoms with Crippen molar-refractivity contribution in [3.05, 3.63) is 54.6 Å². The molecule has 0 aliphatic heterocycles. The molecule has 0 amide bonds. The number of halogens is 6. The number of nitrogens with zero attached hydrogens (tertiary/aromatic N) is 4. The first-order chi connectivity index (χ1) is 13.1. The fourth-order valence-electron chi connectivity index (χ4n) is 2.84. The second-order valence-electron chi connectivity index (χ2n) is 5.73. The topological polar surface area (TPSA) is 52.3 Å². The van der Waals surface area contributed by atoms with Crippen LogP contribution in [-0.2, 0) is 6.18 Å². The molecule has 5 nitrogen and oxygen atoms in total. The highest BCUT2D eigenvalue weighted by Gasteiger charge is 2.37. The number of fused-ring (bicyclic) bond motifs is 2. The first-order valence-corrected chi connectivity index (χ1v) is 7.69. The zero-order chi connectivity index (χ0) is 20.1. The van der Waals surface area contributed by atoms with E-state index in [9.17, 15) is 26.3 Å². The SMILES string of the molecule is FC(F)(F)Oc1ccc(-c2ccc3nnc(C(F)(F)F)n3c2)c2ncccc12. The summed E-state index contributed by atoms with van der Waals surface area (Å²) >= 11 is 0. The van der Waals surface area contributed by atoms with E-state index < -0.39 is 24.1 Å². The van der Waals surface area contributed by atoms with Crippen LogP contribution in [0.5, 0.6) is 5.75 Å². The van der Waals surface area contributed by atoms with E-state index in [-0.39, 0.29) is 16.6 Å². The van der Waals surface area contributed by atoms with E-state index in [2.05, 4.69) is 19.9 Å². The lowest BCUT2D eigenvalue weighted by Gasteiger charge is -2.13. The number of hydrogen-bond donors (Lipinski definition) is 0. The Hall–Kier alpha value is -3.37. The van der Waals surface area contributed by atoms with Crippen molar-refractivity contribution in [3.8, 4) is 16.9 Å². The number of pyridine rings is 2. The predicted octanol–water partition coefficient (Wildman–Crippen LogP) is 4.86. The van der Waals surface area contributed by atoms with Crippen molar-refractivity contribution in [2.45, 2.75) is 12.5 Å². The first kappa shape index (κ1) is 18.0. The molecule has 0 saturated carbocycles. The first-order valence-electron chi connectivity index (χ1n) is 7.69. The van der Waals surface area contributed by atoms with Crippen LogP contribution in [0.1, 0.15) is 5.82 Å². The molecule has 28 heavy (non-hydrogen) atoms. The number of ether oxygens (including phenoxy) is 1. The quantitative estimate of drug-likeness (QED) is 0.453. The lowest BCUT2D eigenvalue weighted by Crippen LogP contribution is -2.17. The largest absolute Gasteiger partial charge is 0.573 e. The Bertz CT molecular complexity index is 1180. The third kappa shape index (κ3) is 3.19. The highest BCUT2D eigenvalue weighted by Crippen LogP contribution is 2.36.